The second kappa shape index (κ2) is 6.35. The molecule has 1 aromatic carbocycles. The molecule has 0 fully saturated rings. The molecule has 0 radical (unpaired) electrons. The third-order valence-electron chi connectivity index (χ3n) is 3.26. The van der Waals surface area contributed by atoms with Crippen LogP contribution < -0.4 is 5.32 Å². The van der Waals surface area contributed by atoms with Crippen molar-refractivity contribution in [3.63, 3.8) is 0 Å². The van der Waals surface area contributed by atoms with E-state index in [1.807, 2.05) is 38.1 Å². The van der Waals surface area contributed by atoms with Crippen LogP contribution in [0, 0.1) is 6.92 Å². The van der Waals surface area contributed by atoms with Crippen LogP contribution in [0.2, 0.25) is 0 Å². The van der Waals surface area contributed by atoms with E-state index in [0.717, 1.165) is 17.1 Å². The van der Waals surface area contributed by atoms with E-state index in [1.54, 1.807) is 31.4 Å². The van der Waals surface area contributed by atoms with Gasteiger partial charge in [0.2, 0.25) is 0 Å². The van der Waals surface area contributed by atoms with E-state index in [0.29, 0.717) is 5.56 Å². The Hall–Kier alpha value is -2.43. The number of hydrogen-bond donors (Lipinski definition) is 1. The van der Waals surface area contributed by atoms with Crippen LogP contribution in [0.4, 0.5) is 5.69 Å². The quantitative estimate of drug-likeness (QED) is 0.937. The van der Waals surface area contributed by atoms with Crippen molar-refractivity contribution >= 4 is 11.6 Å². The van der Waals surface area contributed by atoms with Gasteiger partial charge in [-0.1, -0.05) is 12.1 Å². The lowest BCUT2D eigenvalue weighted by molar-refractivity contribution is 0.0828. The van der Waals surface area contributed by atoms with Gasteiger partial charge in [0.05, 0.1) is 23.0 Å². The summed E-state index contributed by atoms with van der Waals surface area (Å²) in [4.78, 5) is 22.4. The molecule has 0 aliphatic rings. The maximum absolute atomic E-state index is 12.2. The predicted octanol–water partition coefficient (Wildman–Crippen LogP) is 2.66. The minimum absolute atomic E-state index is 0.0267. The van der Waals surface area contributed by atoms with Crippen molar-refractivity contribution in [1.29, 1.82) is 0 Å². The number of anilines is 1. The summed E-state index contributed by atoms with van der Waals surface area (Å²) in [5.41, 5.74) is 3.21. The van der Waals surface area contributed by atoms with E-state index in [9.17, 15) is 4.79 Å². The zero-order valence-electron chi connectivity index (χ0n) is 12.8. The molecule has 1 N–H and O–H groups in total. The zero-order valence-corrected chi connectivity index (χ0v) is 12.8. The maximum Gasteiger partial charge on any atom is 0.255 e. The molecule has 0 aliphatic heterocycles. The minimum Gasteiger partial charge on any atom is -0.376 e. The Labute approximate surface area is 125 Å². The molecule has 0 saturated carbocycles. The number of benzene rings is 1. The van der Waals surface area contributed by atoms with E-state index in [2.05, 4.69) is 15.3 Å². The van der Waals surface area contributed by atoms with Crippen molar-refractivity contribution in [1.82, 2.24) is 14.9 Å². The first kappa shape index (κ1) is 15.0. The molecule has 21 heavy (non-hydrogen) atoms. The van der Waals surface area contributed by atoms with Gasteiger partial charge in [0.15, 0.2) is 0 Å². The number of aromatic nitrogens is 2. The SMILES string of the molecule is Cc1nccnc1C(C)Nc1ccccc1C(=O)N(C)C. The second-order valence-electron chi connectivity index (χ2n) is 5.14. The summed E-state index contributed by atoms with van der Waals surface area (Å²) < 4.78 is 0. The lowest BCUT2D eigenvalue weighted by Gasteiger charge is -2.19. The molecule has 1 atom stereocenters. The fraction of sp³-hybridized carbons (Fsp3) is 0.312. The van der Waals surface area contributed by atoms with Crippen LogP contribution in [0.15, 0.2) is 36.7 Å². The van der Waals surface area contributed by atoms with Gasteiger partial charge < -0.3 is 10.2 Å². The number of carbonyl (C=O) groups is 1. The standard InChI is InChI=1S/C16H20N4O/c1-11-15(18-10-9-17-11)12(2)19-14-8-6-5-7-13(14)16(21)20(3)4/h5-10,12,19H,1-4H3. The number of nitrogens with zero attached hydrogens (tertiary/aromatic N) is 3. The van der Waals surface area contributed by atoms with Crippen molar-refractivity contribution in [2.75, 3.05) is 19.4 Å². The molecule has 2 aromatic rings. The molecular formula is C16H20N4O. The maximum atomic E-state index is 12.2. The second-order valence-corrected chi connectivity index (χ2v) is 5.14. The van der Waals surface area contributed by atoms with Crippen LogP contribution in [-0.4, -0.2) is 34.9 Å². The number of carbonyl (C=O) groups excluding carboxylic acids is 1. The summed E-state index contributed by atoms with van der Waals surface area (Å²) in [6, 6.07) is 7.46. The normalized spacial score (nSPS) is 11.8. The van der Waals surface area contributed by atoms with Crippen molar-refractivity contribution < 1.29 is 4.79 Å². The van der Waals surface area contributed by atoms with Gasteiger partial charge in [0, 0.05) is 32.2 Å². The van der Waals surface area contributed by atoms with Gasteiger partial charge in [-0.2, -0.15) is 0 Å². The number of hydrogen-bond acceptors (Lipinski definition) is 4. The number of rotatable bonds is 4. The molecule has 0 saturated heterocycles. The molecule has 0 bridgehead atoms. The van der Waals surface area contributed by atoms with Crippen LogP contribution in [0.3, 0.4) is 0 Å². The number of nitrogens with one attached hydrogen (secondary N) is 1. The summed E-state index contributed by atoms with van der Waals surface area (Å²) in [6.07, 6.45) is 3.35. The van der Waals surface area contributed by atoms with Crippen molar-refractivity contribution in [3.05, 3.63) is 53.6 Å². The highest BCUT2D eigenvalue weighted by Gasteiger charge is 2.16. The van der Waals surface area contributed by atoms with Gasteiger partial charge in [-0.15, -0.1) is 0 Å². The summed E-state index contributed by atoms with van der Waals surface area (Å²) >= 11 is 0. The van der Waals surface area contributed by atoms with Crippen molar-refractivity contribution in [3.8, 4) is 0 Å². The van der Waals surface area contributed by atoms with E-state index >= 15 is 0 Å². The molecular weight excluding hydrogens is 264 g/mol. The monoisotopic (exact) mass is 284 g/mol. The molecule has 1 heterocycles. The third kappa shape index (κ3) is 3.37. The molecule has 1 aromatic heterocycles. The molecule has 1 unspecified atom stereocenters. The Morgan fingerprint density at radius 3 is 2.52 bits per heavy atom. The van der Waals surface area contributed by atoms with Crippen molar-refractivity contribution in [2.24, 2.45) is 0 Å². The first-order chi connectivity index (χ1) is 10.0. The summed E-state index contributed by atoms with van der Waals surface area (Å²) in [7, 11) is 3.49. The highest BCUT2D eigenvalue weighted by Crippen LogP contribution is 2.23. The molecule has 0 aliphatic carbocycles. The van der Waals surface area contributed by atoms with Gasteiger partial charge in [-0.05, 0) is 26.0 Å². The molecule has 5 nitrogen and oxygen atoms in total. The number of para-hydroxylation sites is 1. The average Bonchev–Trinajstić information content (AvgIpc) is 2.47. The lowest BCUT2D eigenvalue weighted by Crippen LogP contribution is -2.23. The summed E-state index contributed by atoms with van der Waals surface area (Å²) in [5.74, 6) is -0.0267. The average molecular weight is 284 g/mol. The fourth-order valence-corrected chi connectivity index (χ4v) is 2.18. The Kier molecular flexibility index (Phi) is 4.52. The number of aryl methyl sites for hydroxylation is 1. The summed E-state index contributed by atoms with van der Waals surface area (Å²) in [5, 5.41) is 3.35. The first-order valence-electron chi connectivity index (χ1n) is 6.85. The zero-order chi connectivity index (χ0) is 15.4. The van der Waals surface area contributed by atoms with Gasteiger partial charge in [0.25, 0.3) is 5.91 Å². The van der Waals surface area contributed by atoms with Crippen LogP contribution in [0.5, 0.6) is 0 Å². The number of amides is 1. The largest absolute Gasteiger partial charge is 0.376 e. The van der Waals surface area contributed by atoms with Gasteiger partial charge >= 0.3 is 0 Å². The summed E-state index contributed by atoms with van der Waals surface area (Å²) in [6.45, 7) is 3.94. The minimum atomic E-state index is -0.0326. The van der Waals surface area contributed by atoms with E-state index < -0.39 is 0 Å². The van der Waals surface area contributed by atoms with E-state index in [4.69, 9.17) is 0 Å². The first-order valence-corrected chi connectivity index (χ1v) is 6.85. The Morgan fingerprint density at radius 1 is 1.19 bits per heavy atom. The van der Waals surface area contributed by atoms with Gasteiger partial charge in [-0.25, -0.2) is 0 Å². The van der Waals surface area contributed by atoms with Crippen molar-refractivity contribution in [2.45, 2.75) is 19.9 Å². The van der Waals surface area contributed by atoms with Gasteiger partial charge in [-0.3, -0.25) is 14.8 Å². The third-order valence-corrected chi connectivity index (χ3v) is 3.26. The predicted molar refractivity (Wildman–Crippen MR) is 83.3 cm³/mol. The molecule has 0 spiro atoms. The smallest absolute Gasteiger partial charge is 0.255 e. The Morgan fingerprint density at radius 2 is 1.86 bits per heavy atom. The Bertz CT molecular complexity index is 640. The van der Waals surface area contributed by atoms with Crippen LogP contribution >= 0.6 is 0 Å². The molecule has 5 heteroatoms. The highest BCUT2D eigenvalue weighted by molar-refractivity contribution is 5.99. The van der Waals surface area contributed by atoms with Crippen LogP contribution in [0.25, 0.3) is 0 Å². The van der Waals surface area contributed by atoms with Crippen LogP contribution in [-0.2, 0) is 0 Å². The molecule has 110 valence electrons. The highest BCUT2D eigenvalue weighted by atomic mass is 16.2. The van der Waals surface area contributed by atoms with Crippen LogP contribution in [0.1, 0.15) is 34.7 Å². The Balaban J connectivity index is 2.28. The molecule has 2 rings (SSSR count). The fourth-order valence-electron chi connectivity index (χ4n) is 2.18. The van der Waals surface area contributed by atoms with E-state index in [-0.39, 0.29) is 11.9 Å². The molecule has 1 amide bonds. The van der Waals surface area contributed by atoms with Gasteiger partial charge in [0.1, 0.15) is 0 Å². The topological polar surface area (TPSA) is 58.1 Å². The van der Waals surface area contributed by atoms with E-state index in [1.165, 1.54) is 0 Å². The lowest BCUT2D eigenvalue weighted by atomic mass is 10.1.